The summed E-state index contributed by atoms with van der Waals surface area (Å²) in [6.07, 6.45) is 1.56. The van der Waals surface area contributed by atoms with Crippen LogP contribution in [0.4, 0.5) is 5.82 Å². The summed E-state index contributed by atoms with van der Waals surface area (Å²) < 4.78 is 0. The maximum atomic E-state index is 11.2. The number of benzene rings is 1. The zero-order valence-corrected chi connectivity index (χ0v) is 10.8. The van der Waals surface area contributed by atoms with E-state index >= 15 is 0 Å². The second-order valence-corrected chi connectivity index (χ2v) is 5.03. The molecule has 0 amide bonds. The maximum Gasteiger partial charge on any atom is 0.336 e. The molecule has 0 unspecified atom stereocenters. The molecule has 0 bridgehead atoms. The average molecular weight is 260 g/mol. The Morgan fingerprint density at radius 1 is 1.32 bits per heavy atom. The topological polar surface area (TPSA) is 82.5 Å². The van der Waals surface area contributed by atoms with Gasteiger partial charge < -0.3 is 15.5 Å². The van der Waals surface area contributed by atoms with Gasteiger partial charge in [-0.3, -0.25) is 0 Å². The van der Waals surface area contributed by atoms with E-state index in [1.165, 1.54) is 0 Å². The summed E-state index contributed by atoms with van der Waals surface area (Å²) >= 11 is 0. The van der Waals surface area contributed by atoms with E-state index < -0.39 is 11.5 Å². The quantitative estimate of drug-likeness (QED) is 0.784. The predicted molar refractivity (Wildman–Crippen MR) is 73.5 cm³/mol. The van der Waals surface area contributed by atoms with Crippen molar-refractivity contribution in [2.45, 2.75) is 19.4 Å². The number of hydrogen-bond acceptors (Lipinski definition) is 4. The Balaban J connectivity index is 2.58. The zero-order valence-electron chi connectivity index (χ0n) is 10.8. The molecule has 0 saturated carbocycles. The van der Waals surface area contributed by atoms with Gasteiger partial charge in [0, 0.05) is 17.0 Å². The summed E-state index contributed by atoms with van der Waals surface area (Å²) in [5, 5.41) is 22.9. The van der Waals surface area contributed by atoms with E-state index in [9.17, 15) is 15.0 Å². The summed E-state index contributed by atoms with van der Waals surface area (Å²) in [6, 6.07) is 6.73. The molecular formula is C14H16N2O3. The molecule has 19 heavy (non-hydrogen) atoms. The molecule has 1 heterocycles. The third-order valence-electron chi connectivity index (χ3n) is 2.89. The van der Waals surface area contributed by atoms with Crippen molar-refractivity contribution in [2.24, 2.45) is 0 Å². The monoisotopic (exact) mass is 260 g/mol. The minimum absolute atomic E-state index is 0.0519. The highest BCUT2D eigenvalue weighted by Gasteiger charge is 2.18. The number of carboxylic acid groups (broad SMARTS) is 1. The van der Waals surface area contributed by atoms with Gasteiger partial charge >= 0.3 is 5.97 Å². The number of nitrogens with one attached hydrogen (secondary N) is 1. The fraction of sp³-hybridized carbons (Fsp3) is 0.286. The van der Waals surface area contributed by atoms with Crippen molar-refractivity contribution in [1.29, 1.82) is 0 Å². The molecule has 0 aliphatic carbocycles. The second kappa shape index (κ2) is 4.85. The summed E-state index contributed by atoms with van der Waals surface area (Å²) in [5.74, 6) is -0.399. The third-order valence-corrected chi connectivity index (χ3v) is 2.89. The molecule has 5 heteroatoms. The molecule has 0 aliphatic rings. The van der Waals surface area contributed by atoms with E-state index in [2.05, 4.69) is 10.3 Å². The first-order valence-corrected chi connectivity index (χ1v) is 5.95. The van der Waals surface area contributed by atoms with Crippen LogP contribution in [0, 0.1) is 0 Å². The number of aliphatic hydroxyl groups excluding tert-OH is 1. The molecule has 2 rings (SSSR count). The van der Waals surface area contributed by atoms with Crippen LogP contribution in [-0.2, 0) is 0 Å². The molecule has 0 aliphatic heterocycles. The summed E-state index contributed by atoms with van der Waals surface area (Å²) in [7, 11) is 0. The van der Waals surface area contributed by atoms with Crippen molar-refractivity contribution >= 4 is 22.6 Å². The van der Waals surface area contributed by atoms with Gasteiger partial charge in [-0.2, -0.15) is 0 Å². The fourth-order valence-electron chi connectivity index (χ4n) is 1.85. The van der Waals surface area contributed by atoms with E-state index in [1.54, 1.807) is 24.4 Å². The van der Waals surface area contributed by atoms with Gasteiger partial charge in [0.15, 0.2) is 0 Å². The van der Waals surface area contributed by atoms with Crippen molar-refractivity contribution in [1.82, 2.24) is 4.98 Å². The first-order chi connectivity index (χ1) is 8.94. The minimum atomic E-state index is -0.968. The molecule has 0 radical (unpaired) electrons. The Bertz CT molecular complexity index is 623. The number of carboxylic acids is 1. The Hall–Kier alpha value is -2.14. The lowest BCUT2D eigenvalue weighted by Crippen LogP contribution is -2.35. The van der Waals surface area contributed by atoms with Crippen LogP contribution in [0.5, 0.6) is 0 Å². The Labute approximate surface area is 110 Å². The second-order valence-electron chi connectivity index (χ2n) is 5.03. The smallest absolute Gasteiger partial charge is 0.336 e. The van der Waals surface area contributed by atoms with Gasteiger partial charge in [0.2, 0.25) is 0 Å². The number of anilines is 1. The van der Waals surface area contributed by atoms with Gasteiger partial charge in [0.25, 0.3) is 0 Å². The Morgan fingerprint density at radius 3 is 2.68 bits per heavy atom. The Kier molecular flexibility index (Phi) is 3.40. The number of aromatic nitrogens is 1. The molecule has 0 spiro atoms. The first-order valence-electron chi connectivity index (χ1n) is 5.95. The highest BCUT2D eigenvalue weighted by molar-refractivity contribution is 6.06. The number of rotatable bonds is 4. The van der Waals surface area contributed by atoms with Crippen LogP contribution in [0.3, 0.4) is 0 Å². The van der Waals surface area contributed by atoms with E-state index in [0.717, 1.165) is 5.39 Å². The molecule has 2 aromatic rings. The van der Waals surface area contributed by atoms with E-state index in [-0.39, 0.29) is 12.2 Å². The number of pyridine rings is 1. The SMILES string of the molecule is CC(C)(CO)Nc1nccc2c(C(=O)O)cccc12. The van der Waals surface area contributed by atoms with Crippen LogP contribution >= 0.6 is 0 Å². The molecule has 0 fully saturated rings. The molecule has 0 saturated heterocycles. The van der Waals surface area contributed by atoms with Crippen LogP contribution in [0.1, 0.15) is 24.2 Å². The van der Waals surface area contributed by atoms with Gasteiger partial charge in [-0.15, -0.1) is 0 Å². The van der Waals surface area contributed by atoms with Gasteiger partial charge in [0.05, 0.1) is 17.7 Å². The minimum Gasteiger partial charge on any atom is -0.478 e. The normalized spacial score (nSPS) is 11.5. The molecule has 5 nitrogen and oxygen atoms in total. The van der Waals surface area contributed by atoms with Gasteiger partial charge in [-0.25, -0.2) is 9.78 Å². The van der Waals surface area contributed by atoms with Crippen LogP contribution in [0.15, 0.2) is 30.5 Å². The predicted octanol–water partition coefficient (Wildman–Crippen LogP) is 2.12. The van der Waals surface area contributed by atoms with Crippen LogP contribution < -0.4 is 5.32 Å². The largest absolute Gasteiger partial charge is 0.478 e. The number of nitrogens with zero attached hydrogens (tertiary/aromatic N) is 1. The first kappa shape index (κ1) is 13.3. The Morgan fingerprint density at radius 2 is 2.05 bits per heavy atom. The van der Waals surface area contributed by atoms with E-state index in [4.69, 9.17) is 0 Å². The molecule has 0 atom stereocenters. The lowest BCUT2D eigenvalue weighted by Gasteiger charge is -2.25. The number of aromatic carboxylic acids is 1. The van der Waals surface area contributed by atoms with Crippen molar-refractivity contribution in [3.8, 4) is 0 Å². The number of hydrogen-bond donors (Lipinski definition) is 3. The number of aliphatic hydroxyl groups is 1. The van der Waals surface area contributed by atoms with Crippen LogP contribution in [0.25, 0.3) is 10.8 Å². The lowest BCUT2D eigenvalue weighted by atomic mass is 10.0. The molecule has 1 aromatic heterocycles. The number of fused-ring (bicyclic) bond motifs is 1. The third kappa shape index (κ3) is 2.66. The molecule has 100 valence electrons. The summed E-state index contributed by atoms with van der Waals surface area (Å²) in [6.45, 7) is 3.63. The lowest BCUT2D eigenvalue weighted by molar-refractivity contribution is 0.0699. The molecular weight excluding hydrogens is 244 g/mol. The van der Waals surface area contributed by atoms with Crippen molar-refractivity contribution in [2.75, 3.05) is 11.9 Å². The van der Waals surface area contributed by atoms with Gasteiger partial charge in [0.1, 0.15) is 5.82 Å². The number of carbonyl (C=O) groups is 1. The maximum absolute atomic E-state index is 11.2. The van der Waals surface area contributed by atoms with Gasteiger partial charge in [-0.1, -0.05) is 12.1 Å². The van der Waals surface area contributed by atoms with Crippen molar-refractivity contribution < 1.29 is 15.0 Å². The van der Waals surface area contributed by atoms with Gasteiger partial charge in [-0.05, 0) is 26.0 Å². The summed E-state index contributed by atoms with van der Waals surface area (Å²) in [4.78, 5) is 15.4. The fourth-order valence-corrected chi connectivity index (χ4v) is 1.85. The molecule has 1 aromatic carbocycles. The van der Waals surface area contributed by atoms with E-state index in [0.29, 0.717) is 11.2 Å². The van der Waals surface area contributed by atoms with Crippen molar-refractivity contribution in [3.05, 3.63) is 36.0 Å². The zero-order chi connectivity index (χ0) is 14.0. The highest BCUT2D eigenvalue weighted by Crippen LogP contribution is 2.26. The summed E-state index contributed by atoms with van der Waals surface area (Å²) in [5.41, 5.74) is -0.287. The van der Waals surface area contributed by atoms with Crippen LogP contribution in [-0.4, -0.2) is 33.3 Å². The highest BCUT2D eigenvalue weighted by atomic mass is 16.4. The van der Waals surface area contributed by atoms with Crippen molar-refractivity contribution in [3.63, 3.8) is 0 Å². The standard InChI is InChI=1S/C14H16N2O3/c1-14(2,8-17)16-12-10-4-3-5-11(13(18)19)9(10)6-7-15-12/h3-7,17H,8H2,1-2H3,(H,15,16)(H,18,19). The average Bonchev–Trinajstić information content (AvgIpc) is 2.38. The van der Waals surface area contributed by atoms with E-state index in [1.807, 2.05) is 19.9 Å². The van der Waals surface area contributed by atoms with Crippen LogP contribution in [0.2, 0.25) is 0 Å². The molecule has 3 N–H and O–H groups in total.